The summed E-state index contributed by atoms with van der Waals surface area (Å²) in [5.74, 6) is 2.98. The fourth-order valence-electron chi connectivity index (χ4n) is 3.67. The lowest BCUT2D eigenvalue weighted by Gasteiger charge is -2.11. The van der Waals surface area contributed by atoms with Gasteiger partial charge in [-0.15, -0.1) is 0 Å². The first-order valence-corrected chi connectivity index (χ1v) is 10.2. The molecular weight excluding hydrogens is 404 g/mol. The zero-order valence-electron chi connectivity index (χ0n) is 17.8. The molecule has 32 heavy (non-hydrogen) atoms. The van der Waals surface area contributed by atoms with Crippen LogP contribution < -0.4 is 14.2 Å². The van der Waals surface area contributed by atoms with Crippen LogP contribution in [0, 0.1) is 0 Å². The van der Waals surface area contributed by atoms with Gasteiger partial charge < -0.3 is 14.2 Å². The molecule has 2 aromatic heterocycles. The van der Waals surface area contributed by atoms with Crippen molar-refractivity contribution in [3.05, 3.63) is 91.0 Å². The van der Waals surface area contributed by atoms with Crippen LogP contribution in [-0.4, -0.2) is 33.6 Å². The second-order valence-electron chi connectivity index (χ2n) is 7.13. The topological polar surface area (TPSA) is 63.3 Å². The first-order chi connectivity index (χ1) is 15.8. The molecule has 0 radical (unpaired) electrons. The van der Waals surface area contributed by atoms with Gasteiger partial charge in [0.2, 0.25) is 0 Å². The third-order valence-electron chi connectivity index (χ3n) is 5.22. The highest BCUT2D eigenvalue weighted by Crippen LogP contribution is 2.26. The van der Waals surface area contributed by atoms with Crippen molar-refractivity contribution in [2.75, 3.05) is 14.2 Å². The van der Waals surface area contributed by atoms with E-state index in [1.165, 1.54) is 0 Å². The molecule has 7 nitrogen and oxygen atoms in total. The Kier molecular flexibility index (Phi) is 5.21. The molecule has 7 heteroatoms. The molecular formula is C25H22N4O3. The van der Waals surface area contributed by atoms with Crippen molar-refractivity contribution in [1.82, 2.24) is 19.3 Å². The van der Waals surface area contributed by atoms with E-state index in [0.29, 0.717) is 12.4 Å². The van der Waals surface area contributed by atoms with Crippen LogP contribution in [0.2, 0.25) is 0 Å². The number of hydrogen-bond acceptors (Lipinski definition) is 5. The molecule has 0 saturated heterocycles. The molecule has 0 spiro atoms. The van der Waals surface area contributed by atoms with Crippen molar-refractivity contribution in [2.24, 2.45) is 0 Å². The molecule has 5 rings (SSSR count). The number of aromatic nitrogens is 4. The van der Waals surface area contributed by atoms with E-state index in [4.69, 9.17) is 19.2 Å². The number of benzene rings is 3. The summed E-state index contributed by atoms with van der Waals surface area (Å²) in [6.07, 6.45) is 3.52. The second kappa shape index (κ2) is 8.47. The van der Waals surface area contributed by atoms with Crippen LogP contribution in [0.5, 0.6) is 17.2 Å². The smallest absolute Gasteiger partial charge is 0.158 e. The summed E-state index contributed by atoms with van der Waals surface area (Å²) in [5.41, 5.74) is 3.76. The molecule has 0 amide bonds. The maximum absolute atomic E-state index is 6.07. The third kappa shape index (κ3) is 3.65. The summed E-state index contributed by atoms with van der Waals surface area (Å²) >= 11 is 0. The van der Waals surface area contributed by atoms with Crippen LogP contribution in [0.3, 0.4) is 0 Å². The summed E-state index contributed by atoms with van der Waals surface area (Å²) in [4.78, 5) is 4.80. The number of nitrogens with zero attached hydrogens (tertiary/aromatic N) is 4. The van der Waals surface area contributed by atoms with Crippen LogP contribution in [0.4, 0.5) is 0 Å². The highest BCUT2D eigenvalue weighted by Gasteiger charge is 2.14. The minimum Gasteiger partial charge on any atom is -0.497 e. The number of ether oxygens (including phenoxy) is 3. The highest BCUT2D eigenvalue weighted by molar-refractivity contribution is 5.78. The SMILES string of the molecule is COc1ccc(-n2c(COc3cnn(-c4ccccc4OC)c3)nc3ccccc32)cc1. The zero-order chi connectivity index (χ0) is 21.9. The number of hydrogen-bond donors (Lipinski definition) is 0. The molecule has 0 N–H and O–H groups in total. The Hall–Kier alpha value is -4.26. The van der Waals surface area contributed by atoms with Crippen LogP contribution in [0.25, 0.3) is 22.4 Å². The summed E-state index contributed by atoms with van der Waals surface area (Å²) in [6.45, 7) is 0.290. The fourth-order valence-corrected chi connectivity index (χ4v) is 3.67. The van der Waals surface area contributed by atoms with E-state index in [1.807, 2.05) is 72.9 Å². The van der Waals surface area contributed by atoms with Gasteiger partial charge >= 0.3 is 0 Å². The Bertz CT molecular complexity index is 1360. The summed E-state index contributed by atoms with van der Waals surface area (Å²) < 4.78 is 20.6. The van der Waals surface area contributed by atoms with E-state index < -0.39 is 0 Å². The van der Waals surface area contributed by atoms with E-state index in [2.05, 4.69) is 15.7 Å². The normalized spacial score (nSPS) is 10.9. The van der Waals surface area contributed by atoms with Crippen LogP contribution in [0.15, 0.2) is 85.2 Å². The predicted octanol–water partition coefficient (Wildman–Crippen LogP) is 4.81. The van der Waals surface area contributed by atoms with E-state index in [0.717, 1.165) is 39.7 Å². The Morgan fingerprint density at radius 2 is 1.59 bits per heavy atom. The van der Waals surface area contributed by atoms with Gasteiger partial charge in [0.1, 0.15) is 23.8 Å². The van der Waals surface area contributed by atoms with Crippen LogP contribution >= 0.6 is 0 Å². The van der Waals surface area contributed by atoms with Crippen molar-refractivity contribution in [3.63, 3.8) is 0 Å². The standard InChI is InChI=1S/C25H22N4O3/c1-30-19-13-11-18(12-14-19)29-22-8-4-3-7-21(22)27-25(29)17-32-20-15-26-28(16-20)23-9-5-6-10-24(23)31-2/h3-16H,17H2,1-2H3. The van der Waals surface area contributed by atoms with Gasteiger partial charge in [-0.25, -0.2) is 9.67 Å². The number of imidazole rings is 1. The Labute approximate surface area is 185 Å². The number of fused-ring (bicyclic) bond motifs is 1. The minimum absolute atomic E-state index is 0.290. The Balaban J connectivity index is 1.44. The maximum atomic E-state index is 6.07. The first kappa shape index (κ1) is 19.7. The average molecular weight is 426 g/mol. The van der Waals surface area contributed by atoms with Gasteiger partial charge in [-0.3, -0.25) is 4.57 Å². The Morgan fingerprint density at radius 1 is 0.812 bits per heavy atom. The number of para-hydroxylation sites is 4. The lowest BCUT2D eigenvalue weighted by molar-refractivity contribution is 0.294. The van der Waals surface area contributed by atoms with Crippen LogP contribution in [0.1, 0.15) is 5.82 Å². The average Bonchev–Trinajstić information content (AvgIpc) is 3.47. The molecule has 0 atom stereocenters. The molecule has 0 aliphatic rings. The first-order valence-electron chi connectivity index (χ1n) is 10.2. The quantitative estimate of drug-likeness (QED) is 0.374. The van der Waals surface area contributed by atoms with Crippen molar-refractivity contribution in [2.45, 2.75) is 6.61 Å². The maximum Gasteiger partial charge on any atom is 0.158 e. The minimum atomic E-state index is 0.290. The van der Waals surface area contributed by atoms with Crippen molar-refractivity contribution in [3.8, 4) is 28.6 Å². The molecule has 5 aromatic rings. The van der Waals surface area contributed by atoms with Gasteiger partial charge in [-0.05, 0) is 48.5 Å². The largest absolute Gasteiger partial charge is 0.497 e. The van der Waals surface area contributed by atoms with E-state index in [1.54, 1.807) is 25.1 Å². The van der Waals surface area contributed by atoms with E-state index in [-0.39, 0.29) is 0 Å². The van der Waals surface area contributed by atoms with Gasteiger partial charge in [0.25, 0.3) is 0 Å². The molecule has 0 bridgehead atoms. The third-order valence-corrected chi connectivity index (χ3v) is 5.22. The fraction of sp³-hybridized carbons (Fsp3) is 0.120. The number of methoxy groups -OCH3 is 2. The van der Waals surface area contributed by atoms with Gasteiger partial charge in [0.05, 0.1) is 37.6 Å². The number of rotatable bonds is 7. The lowest BCUT2D eigenvalue weighted by Crippen LogP contribution is -2.05. The van der Waals surface area contributed by atoms with Gasteiger partial charge in [-0.1, -0.05) is 24.3 Å². The van der Waals surface area contributed by atoms with Gasteiger partial charge in [0, 0.05) is 5.69 Å². The monoisotopic (exact) mass is 426 g/mol. The summed E-state index contributed by atoms with van der Waals surface area (Å²) in [7, 11) is 3.30. The second-order valence-corrected chi connectivity index (χ2v) is 7.13. The lowest BCUT2D eigenvalue weighted by atomic mass is 10.2. The molecule has 0 aliphatic heterocycles. The molecule has 2 heterocycles. The molecule has 0 aliphatic carbocycles. The highest BCUT2D eigenvalue weighted by atomic mass is 16.5. The molecule has 3 aromatic carbocycles. The van der Waals surface area contributed by atoms with Gasteiger partial charge in [0.15, 0.2) is 11.6 Å². The van der Waals surface area contributed by atoms with Crippen LogP contribution in [-0.2, 0) is 6.61 Å². The van der Waals surface area contributed by atoms with E-state index >= 15 is 0 Å². The van der Waals surface area contributed by atoms with Crippen molar-refractivity contribution < 1.29 is 14.2 Å². The Morgan fingerprint density at radius 3 is 2.41 bits per heavy atom. The van der Waals surface area contributed by atoms with Crippen molar-refractivity contribution in [1.29, 1.82) is 0 Å². The molecule has 0 saturated carbocycles. The summed E-state index contributed by atoms with van der Waals surface area (Å²) in [6, 6.07) is 23.6. The molecule has 0 unspecified atom stereocenters. The van der Waals surface area contributed by atoms with E-state index in [9.17, 15) is 0 Å². The molecule has 0 fully saturated rings. The summed E-state index contributed by atoms with van der Waals surface area (Å²) in [5, 5.41) is 4.42. The molecule has 160 valence electrons. The van der Waals surface area contributed by atoms with Crippen molar-refractivity contribution >= 4 is 11.0 Å². The zero-order valence-corrected chi connectivity index (χ0v) is 17.8. The predicted molar refractivity (Wildman–Crippen MR) is 122 cm³/mol. The van der Waals surface area contributed by atoms with Gasteiger partial charge in [-0.2, -0.15) is 5.10 Å².